The van der Waals surface area contributed by atoms with E-state index in [-0.39, 0.29) is 17.5 Å². The predicted molar refractivity (Wildman–Crippen MR) is 101 cm³/mol. The van der Waals surface area contributed by atoms with E-state index >= 15 is 0 Å². The number of nitrogens with zero attached hydrogens (tertiary/aromatic N) is 2. The van der Waals surface area contributed by atoms with Crippen molar-refractivity contribution in [2.45, 2.75) is 5.16 Å². The van der Waals surface area contributed by atoms with Gasteiger partial charge in [-0.05, 0) is 36.4 Å². The van der Waals surface area contributed by atoms with E-state index < -0.39 is 0 Å². The van der Waals surface area contributed by atoms with Crippen LogP contribution in [0.15, 0.2) is 60.0 Å². The molecule has 3 aromatic rings. The summed E-state index contributed by atoms with van der Waals surface area (Å²) in [5.74, 6) is 0.151. The highest BCUT2D eigenvalue weighted by atomic mass is 35.5. The molecule has 8 heteroatoms. The van der Waals surface area contributed by atoms with Crippen LogP contribution in [0.2, 0.25) is 5.02 Å². The predicted octanol–water partition coefficient (Wildman–Crippen LogP) is 4.40. The molecule has 0 radical (unpaired) electrons. The lowest BCUT2D eigenvalue weighted by molar-refractivity contribution is -0.113. The summed E-state index contributed by atoms with van der Waals surface area (Å²) in [7, 11) is 1.52. The molecule has 2 aromatic carbocycles. The van der Waals surface area contributed by atoms with Gasteiger partial charge in [0.1, 0.15) is 11.6 Å². The maximum absolute atomic E-state index is 13.4. The highest BCUT2D eigenvalue weighted by molar-refractivity contribution is 7.99. The minimum Gasteiger partial charge on any atom is -0.495 e. The standard InChI is InChI=1S/C18H15ClFN3O2S/c1-25-16-6-5-13(10-15(16)19)22-17(24)11-26-18-21-7-8-23(18)14-4-2-3-12(20)9-14/h2-10H,11H2,1H3,(H,22,24). The van der Waals surface area contributed by atoms with E-state index in [9.17, 15) is 9.18 Å². The second kappa shape index (κ2) is 8.25. The summed E-state index contributed by atoms with van der Waals surface area (Å²) in [5.41, 5.74) is 1.22. The van der Waals surface area contributed by atoms with Crippen LogP contribution in [-0.4, -0.2) is 28.3 Å². The maximum Gasteiger partial charge on any atom is 0.234 e. The number of halogens is 2. The second-order valence-corrected chi connectivity index (χ2v) is 6.60. The first kappa shape index (κ1) is 18.3. The zero-order chi connectivity index (χ0) is 18.5. The van der Waals surface area contributed by atoms with Gasteiger partial charge in [-0.1, -0.05) is 29.4 Å². The quantitative estimate of drug-likeness (QED) is 0.632. The lowest BCUT2D eigenvalue weighted by Crippen LogP contribution is -2.14. The first-order valence-electron chi connectivity index (χ1n) is 7.62. The van der Waals surface area contributed by atoms with Gasteiger partial charge in [0.05, 0.1) is 23.6 Å². The number of aromatic nitrogens is 2. The highest BCUT2D eigenvalue weighted by Gasteiger charge is 2.11. The number of hydrogen-bond donors (Lipinski definition) is 1. The molecule has 5 nitrogen and oxygen atoms in total. The number of methoxy groups -OCH3 is 1. The van der Waals surface area contributed by atoms with Gasteiger partial charge in [0, 0.05) is 18.1 Å². The summed E-state index contributed by atoms with van der Waals surface area (Å²) in [6.07, 6.45) is 3.33. The molecule has 3 rings (SSSR count). The molecule has 1 N–H and O–H groups in total. The van der Waals surface area contributed by atoms with E-state index in [4.69, 9.17) is 16.3 Å². The molecule has 0 saturated carbocycles. The van der Waals surface area contributed by atoms with Gasteiger partial charge >= 0.3 is 0 Å². The van der Waals surface area contributed by atoms with Crippen molar-refractivity contribution < 1.29 is 13.9 Å². The van der Waals surface area contributed by atoms with Crippen LogP contribution >= 0.6 is 23.4 Å². The summed E-state index contributed by atoms with van der Waals surface area (Å²) in [5, 5.41) is 3.78. The van der Waals surface area contributed by atoms with Crippen molar-refractivity contribution in [3.8, 4) is 11.4 Å². The number of amides is 1. The van der Waals surface area contributed by atoms with E-state index in [1.165, 1.54) is 31.0 Å². The first-order chi connectivity index (χ1) is 12.6. The number of carbonyl (C=O) groups is 1. The Bertz CT molecular complexity index is 932. The minimum absolute atomic E-state index is 0.149. The van der Waals surface area contributed by atoms with Crippen molar-refractivity contribution in [3.63, 3.8) is 0 Å². The zero-order valence-electron chi connectivity index (χ0n) is 13.8. The van der Waals surface area contributed by atoms with Crippen molar-refractivity contribution in [3.05, 3.63) is 65.7 Å². The fourth-order valence-corrected chi connectivity index (χ4v) is 3.32. The number of thioether (sulfide) groups is 1. The van der Waals surface area contributed by atoms with Crippen molar-refractivity contribution >= 4 is 35.0 Å². The van der Waals surface area contributed by atoms with E-state index in [1.54, 1.807) is 47.3 Å². The van der Waals surface area contributed by atoms with E-state index in [0.717, 1.165) is 0 Å². The molecular formula is C18H15ClFN3O2S. The number of anilines is 1. The Kier molecular flexibility index (Phi) is 5.80. The van der Waals surface area contributed by atoms with E-state index in [2.05, 4.69) is 10.3 Å². The van der Waals surface area contributed by atoms with Gasteiger partial charge in [0.2, 0.25) is 5.91 Å². The number of nitrogens with one attached hydrogen (secondary N) is 1. The topological polar surface area (TPSA) is 56.1 Å². The van der Waals surface area contributed by atoms with Gasteiger partial charge in [0.15, 0.2) is 5.16 Å². The molecule has 1 heterocycles. The Morgan fingerprint density at radius 3 is 2.92 bits per heavy atom. The van der Waals surface area contributed by atoms with Gasteiger partial charge < -0.3 is 10.1 Å². The van der Waals surface area contributed by atoms with Crippen LogP contribution in [0, 0.1) is 5.82 Å². The van der Waals surface area contributed by atoms with Crippen molar-refractivity contribution in [1.82, 2.24) is 9.55 Å². The van der Waals surface area contributed by atoms with E-state index in [0.29, 0.717) is 27.3 Å². The number of rotatable bonds is 6. The Labute approximate surface area is 159 Å². The van der Waals surface area contributed by atoms with Crippen LogP contribution in [0.25, 0.3) is 5.69 Å². The first-order valence-corrected chi connectivity index (χ1v) is 8.98. The van der Waals surface area contributed by atoms with E-state index in [1.807, 2.05) is 0 Å². The third-order valence-corrected chi connectivity index (χ3v) is 4.72. The smallest absolute Gasteiger partial charge is 0.234 e. The monoisotopic (exact) mass is 391 g/mol. The summed E-state index contributed by atoms with van der Waals surface area (Å²) in [6.45, 7) is 0. The molecule has 0 aliphatic rings. The third kappa shape index (κ3) is 4.36. The number of ether oxygens (including phenoxy) is 1. The summed E-state index contributed by atoms with van der Waals surface area (Å²) >= 11 is 7.30. The minimum atomic E-state index is -0.332. The number of hydrogen-bond acceptors (Lipinski definition) is 4. The number of imidazole rings is 1. The van der Waals surface area contributed by atoms with Gasteiger partial charge in [0.25, 0.3) is 0 Å². The van der Waals surface area contributed by atoms with Crippen molar-refractivity contribution in [1.29, 1.82) is 0 Å². The molecular weight excluding hydrogens is 377 g/mol. The van der Waals surface area contributed by atoms with Crippen LogP contribution in [0.4, 0.5) is 10.1 Å². The zero-order valence-corrected chi connectivity index (χ0v) is 15.4. The molecule has 0 atom stereocenters. The van der Waals surface area contributed by atoms with Crippen LogP contribution in [0.3, 0.4) is 0 Å². The lowest BCUT2D eigenvalue weighted by Gasteiger charge is -2.09. The maximum atomic E-state index is 13.4. The van der Waals surface area contributed by atoms with Gasteiger partial charge in [-0.3, -0.25) is 9.36 Å². The van der Waals surface area contributed by atoms with Gasteiger partial charge in [-0.25, -0.2) is 9.37 Å². The molecule has 0 saturated heterocycles. The average molecular weight is 392 g/mol. The molecule has 1 amide bonds. The summed E-state index contributed by atoms with van der Waals surface area (Å²) in [6, 6.07) is 11.2. The second-order valence-electron chi connectivity index (χ2n) is 5.25. The molecule has 0 fully saturated rings. The number of carbonyl (C=O) groups excluding carboxylic acids is 1. The SMILES string of the molecule is COc1ccc(NC(=O)CSc2nccn2-c2cccc(F)c2)cc1Cl. The Morgan fingerprint density at radius 2 is 2.19 bits per heavy atom. The van der Waals surface area contributed by atoms with Crippen LogP contribution in [0.1, 0.15) is 0 Å². The third-order valence-electron chi connectivity index (χ3n) is 3.46. The van der Waals surface area contributed by atoms with Crippen LogP contribution < -0.4 is 10.1 Å². The average Bonchev–Trinajstić information content (AvgIpc) is 3.09. The normalized spacial score (nSPS) is 10.6. The molecule has 0 bridgehead atoms. The molecule has 0 aliphatic carbocycles. The molecule has 0 aliphatic heterocycles. The lowest BCUT2D eigenvalue weighted by atomic mass is 10.3. The van der Waals surface area contributed by atoms with Crippen LogP contribution in [-0.2, 0) is 4.79 Å². The Morgan fingerprint density at radius 1 is 1.35 bits per heavy atom. The largest absolute Gasteiger partial charge is 0.495 e. The Hall–Kier alpha value is -2.51. The molecule has 134 valence electrons. The Balaban J connectivity index is 1.64. The molecule has 0 unspecified atom stereocenters. The van der Waals surface area contributed by atoms with Gasteiger partial charge in [-0.2, -0.15) is 0 Å². The van der Waals surface area contributed by atoms with Crippen molar-refractivity contribution in [2.24, 2.45) is 0 Å². The highest BCUT2D eigenvalue weighted by Crippen LogP contribution is 2.27. The fraction of sp³-hybridized carbons (Fsp3) is 0.111. The van der Waals surface area contributed by atoms with Crippen LogP contribution in [0.5, 0.6) is 5.75 Å². The molecule has 0 spiro atoms. The van der Waals surface area contributed by atoms with Crippen molar-refractivity contribution in [2.75, 3.05) is 18.2 Å². The van der Waals surface area contributed by atoms with Gasteiger partial charge in [-0.15, -0.1) is 0 Å². The number of benzene rings is 2. The summed E-state index contributed by atoms with van der Waals surface area (Å²) in [4.78, 5) is 16.4. The summed E-state index contributed by atoms with van der Waals surface area (Å²) < 4.78 is 20.2. The molecule has 26 heavy (non-hydrogen) atoms. The fourth-order valence-electron chi connectivity index (χ4n) is 2.29. The molecule has 1 aromatic heterocycles.